The standard InChI is InChI=1S/C22H23N3O4S/c1-14(10-16-6-4-3-5-7-16)29-18-11-17(8-9-20(26)27)24-19(12-18)21(28)25-22-23-13-15(2)30-22/h3-7,11-14H,8-10H2,1-2H3,(H,26,27)(H,23,25,28)/t14-/m0/s1. The van der Waals surface area contributed by atoms with Gasteiger partial charge in [0.15, 0.2) is 5.13 Å². The highest BCUT2D eigenvalue weighted by atomic mass is 32.1. The number of carbonyl (C=O) groups excluding carboxylic acids is 1. The first-order chi connectivity index (χ1) is 14.4. The van der Waals surface area contributed by atoms with Gasteiger partial charge in [0, 0.05) is 41.7 Å². The van der Waals surface area contributed by atoms with E-state index >= 15 is 0 Å². The van der Waals surface area contributed by atoms with Crippen molar-refractivity contribution in [3.63, 3.8) is 0 Å². The monoisotopic (exact) mass is 425 g/mol. The Morgan fingerprint density at radius 3 is 2.67 bits per heavy atom. The largest absolute Gasteiger partial charge is 0.490 e. The molecule has 0 aliphatic carbocycles. The van der Waals surface area contributed by atoms with Gasteiger partial charge in [-0.1, -0.05) is 30.3 Å². The Bertz CT molecular complexity index is 1020. The van der Waals surface area contributed by atoms with Gasteiger partial charge in [0.25, 0.3) is 5.91 Å². The van der Waals surface area contributed by atoms with Gasteiger partial charge in [-0.15, -0.1) is 11.3 Å². The number of aromatic nitrogens is 2. The SMILES string of the molecule is Cc1cnc(NC(=O)c2cc(O[C@@H](C)Cc3ccccc3)cc(CCC(=O)O)n2)s1. The summed E-state index contributed by atoms with van der Waals surface area (Å²) >= 11 is 1.37. The highest BCUT2D eigenvalue weighted by Crippen LogP contribution is 2.21. The van der Waals surface area contributed by atoms with Crippen LogP contribution in [0.3, 0.4) is 0 Å². The van der Waals surface area contributed by atoms with Crippen LogP contribution in [0, 0.1) is 6.92 Å². The summed E-state index contributed by atoms with van der Waals surface area (Å²) in [7, 11) is 0. The molecule has 3 rings (SSSR count). The molecule has 0 radical (unpaired) electrons. The number of carbonyl (C=O) groups is 2. The van der Waals surface area contributed by atoms with Crippen LogP contribution in [-0.4, -0.2) is 33.1 Å². The second-order valence-corrected chi connectivity index (χ2v) is 8.16. The molecular formula is C22H23N3O4S. The maximum Gasteiger partial charge on any atom is 0.303 e. The molecule has 1 amide bonds. The third-order valence-corrected chi connectivity index (χ3v) is 5.05. The van der Waals surface area contributed by atoms with E-state index in [1.54, 1.807) is 18.3 Å². The second-order valence-electron chi connectivity index (χ2n) is 6.92. The number of pyridine rings is 1. The number of hydrogen-bond donors (Lipinski definition) is 2. The zero-order valence-corrected chi connectivity index (χ0v) is 17.6. The number of carboxylic acid groups (broad SMARTS) is 1. The third-order valence-electron chi connectivity index (χ3n) is 4.22. The van der Waals surface area contributed by atoms with E-state index in [2.05, 4.69) is 15.3 Å². The fourth-order valence-electron chi connectivity index (χ4n) is 2.90. The quantitative estimate of drug-likeness (QED) is 0.535. The van der Waals surface area contributed by atoms with Crippen LogP contribution in [0.1, 0.15) is 40.0 Å². The Morgan fingerprint density at radius 2 is 2.00 bits per heavy atom. The number of nitrogens with zero attached hydrogens (tertiary/aromatic N) is 2. The highest BCUT2D eigenvalue weighted by Gasteiger charge is 2.15. The number of carboxylic acids is 1. The first-order valence-corrected chi connectivity index (χ1v) is 10.4. The Hall–Kier alpha value is -3.26. The molecule has 2 heterocycles. The maximum atomic E-state index is 12.7. The molecule has 7 nitrogen and oxygen atoms in total. The van der Waals surface area contributed by atoms with Crippen molar-refractivity contribution in [3.8, 4) is 5.75 Å². The van der Waals surface area contributed by atoms with Crippen molar-refractivity contribution in [1.29, 1.82) is 0 Å². The molecule has 2 aromatic heterocycles. The zero-order chi connectivity index (χ0) is 21.5. The summed E-state index contributed by atoms with van der Waals surface area (Å²) in [6.07, 6.45) is 2.36. The number of rotatable bonds is 9. The van der Waals surface area contributed by atoms with E-state index in [-0.39, 0.29) is 24.6 Å². The van der Waals surface area contributed by atoms with Gasteiger partial charge in [-0.25, -0.2) is 9.97 Å². The molecule has 0 fully saturated rings. The molecule has 0 unspecified atom stereocenters. The van der Waals surface area contributed by atoms with Gasteiger partial charge in [0.1, 0.15) is 11.4 Å². The number of amides is 1. The molecule has 0 bridgehead atoms. The van der Waals surface area contributed by atoms with Crippen molar-refractivity contribution in [3.05, 3.63) is 70.5 Å². The van der Waals surface area contributed by atoms with Crippen LogP contribution in [0.15, 0.2) is 48.7 Å². The molecule has 0 saturated carbocycles. The van der Waals surface area contributed by atoms with Crippen LogP contribution in [0.2, 0.25) is 0 Å². The van der Waals surface area contributed by atoms with Crippen LogP contribution in [-0.2, 0) is 17.6 Å². The summed E-state index contributed by atoms with van der Waals surface area (Å²) in [5, 5.41) is 12.2. The molecule has 3 aromatic rings. The van der Waals surface area contributed by atoms with Crippen LogP contribution in [0.5, 0.6) is 5.75 Å². The van der Waals surface area contributed by atoms with Gasteiger partial charge in [0.2, 0.25) is 0 Å². The lowest BCUT2D eigenvalue weighted by molar-refractivity contribution is -0.136. The van der Waals surface area contributed by atoms with Crippen LogP contribution >= 0.6 is 11.3 Å². The van der Waals surface area contributed by atoms with Crippen LogP contribution in [0.4, 0.5) is 5.13 Å². The normalized spacial score (nSPS) is 11.7. The summed E-state index contributed by atoms with van der Waals surface area (Å²) in [4.78, 5) is 33.1. The molecule has 1 atom stereocenters. The van der Waals surface area contributed by atoms with Crippen molar-refractivity contribution >= 4 is 28.3 Å². The molecule has 0 aliphatic heterocycles. The predicted octanol–water partition coefficient (Wildman–Crippen LogP) is 4.13. The third kappa shape index (κ3) is 6.38. The lowest BCUT2D eigenvalue weighted by Crippen LogP contribution is -2.18. The van der Waals surface area contributed by atoms with E-state index in [0.717, 1.165) is 10.4 Å². The van der Waals surface area contributed by atoms with Gasteiger partial charge >= 0.3 is 5.97 Å². The number of thiazole rings is 1. The first kappa shape index (κ1) is 21.4. The first-order valence-electron chi connectivity index (χ1n) is 9.56. The molecule has 8 heteroatoms. The molecule has 0 spiro atoms. The lowest BCUT2D eigenvalue weighted by atomic mass is 10.1. The van der Waals surface area contributed by atoms with Gasteiger partial charge in [-0.05, 0) is 19.4 Å². The minimum atomic E-state index is -0.926. The van der Waals surface area contributed by atoms with Crippen molar-refractivity contribution in [1.82, 2.24) is 9.97 Å². The Labute approximate surface area is 178 Å². The lowest BCUT2D eigenvalue weighted by Gasteiger charge is -2.16. The molecule has 1 aromatic carbocycles. The molecular weight excluding hydrogens is 402 g/mol. The van der Waals surface area contributed by atoms with Crippen molar-refractivity contribution < 1.29 is 19.4 Å². The van der Waals surface area contributed by atoms with Crippen LogP contribution < -0.4 is 10.1 Å². The maximum absolute atomic E-state index is 12.7. The van der Waals surface area contributed by atoms with Gasteiger partial charge in [-0.3, -0.25) is 14.9 Å². The molecule has 2 N–H and O–H groups in total. The molecule has 156 valence electrons. The van der Waals surface area contributed by atoms with E-state index in [1.165, 1.54) is 11.3 Å². The van der Waals surface area contributed by atoms with Crippen molar-refractivity contribution in [2.24, 2.45) is 0 Å². The number of ether oxygens (including phenoxy) is 1. The smallest absolute Gasteiger partial charge is 0.303 e. The Balaban J connectivity index is 1.78. The van der Waals surface area contributed by atoms with E-state index < -0.39 is 11.9 Å². The van der Waals surface area contributed by atoms with Crippen molar-refractivity contribution in [2.75, 3.05) is 5.32 Å². The number of hydrogen-bond acceptors (Lipinski definition) is 6. The van der Waals surface area contributed by atoms with Gasteiger partial charge in [0.05, 0.1) is 12.5 Å². The summed E-state index contributed by atoms with van der Waals surface area (Å²) in [6.45, 7) is 3.85. The highest BCUT2D eigenvalue weighted by molar-refractivity contribution is 7.15. The summed E-state index contributed by atoms with van der Waals surface area (Å²) in [6, 6.07) is 13.2. The summed E-state index contributed by atoms with van der Waals surface area (Å²) in [5.41, 5.74) is 1.79. The molecule has 0 saturated heterocycles. The van der Waals surface area contributed by atoms with Crippen molar-refractivity contribution in [2.45, 2.75) is 39.2 Å². The van der Waals surface area contributed by atoms with E-state index in [4.69, 9.17) is 9.84 Å². The fraction of sp³-hybridized carbons (Fsp3) is 0.273. The predicted molar refractivity (Wildman–Crippen MR) is 115 cm³/mol. The van der Waals surface area contributed by atoms with Crippen LogP contribution in [0.25, 0.3) is 0 Å². The van der Waals surface area contributed by atoms with Gasteiger partial charge < -0.3 is 9.84 Å². The Kier molecular flexibility index (Phi) is 7.13. The number of nitrogens with one attached hydrogen (secondary N) is 1. The minimum absolute atomic E-state index is 0.0806. The number of benzene rings is 1. The second kappa shape index (κ2) is 9.98. The summed E-state index contributed by atoms with van der Waals surface area (Å²) < 4.78 is 6.03. The van der Waals surface area contributed by atoms with E-state index in [9.17, 15) is 9.59 Å². The average molecular weight is 426 g/mol. The van der Waals surface area contributed by atoms with E-state index in [1.807, 2.05) is 44.2 Å². The van der Waals surface area contributed by atoms with Gasteiger partial charge in [-0.2, -0.15) is 0 Å². The average Bonchev–Trinajstić information content (AvgIpc) is 3.11. The molecule has 0 aliphatic rings. The number of aryl methyl sites for hydroxylation is 2. The minimum Gasteiger partial charge on any atom is -0.490 e. The zero-order valence-electron chi connectivity index (χ0n) is 16.8. The van der Waals surface area contributed by atoms with E-state index in [0.29, 0.717) is 23.0 Å². The summed E-state index contributed by atoms with van der Waals surface area (Å²) in [5.74, 6) is -0.860. The fourth-order valence-corrected chi connectivity index (χ4v) is 3.56. The topological polar surface area (TPSA) is 101 Å². The number of aliphatic carboxylic acids is 1. The Morgan fingerprint density at radius 1 is 1.23 bits per heavy atom. The number of anilines is 1. The molecule has 30 heavy (non-hydrogen) atoms.